The maximum atomic E-state index is 13.1. The van der Waals surface area contributed by atoms with E-state index in [4.69, 9.17) is 9.47 Å². The summed E-state index contributed by atoms with van der Waals surface area (Å²) in [6.45, 7) is 12.8. The number of amides is 1. The van der Waals surface area contributed by atoms with Crippen LogP contribution in [0.2, 0.25) is 0 Å². The van der Waals surface area contributed by atoms with Gasteiger partial charge in [0.15, 0.2) is 5.60 Å². The number of piperidine rings is 1. The van der Waals surface area contributed by atoms with Crippen molar-refractivity contribution >= 4 is 17.6 Å². The quantitative estimate of drug-likeness (QED) is 0.536. The van der Waals surface area contributed by atoms with Crippen LogP contribution in [0.15, 0.2) is 48.5 Å². The Hall–Kier alpha value is -3.06. The van der Waals surface area contributed by atoms with Crippen LogP contribution in [-0.2, 0) is 20.9 Å². The second-order valence-corrected chi connectivity index (χ2v) is 10.9. The Kier molecular flexibility index (Phi) is 8.75. The largest absolute Gasteiger partial charge is 0.478 e. The van der Waals surface area contributed by atoms with Gasteiger partial charge in [-0.3, -0.25) is 9.59 Å². The minimum atomic E-state index is -0.961. The first-order chi connectivity index (χ1) is 17.7. The van der Waals surface area contributed by atoms with Gasteiger partial charge in [-0.1, -0.05) is 44.2 Å². The van der Waals surface area contributed by atoms with Crippen molar-refractivity contribution in [1.29, 1.82) is 0 Å². The summed E-state index contributed by atoms with van der Waals surface area (Å²) in [5, 5.41) is 3.27. The van der Waals surface area contributed by atoms with Gasteiger partial charge in [0, 0.05) is 51.0 Å². The number of hydrogen-bond acceptors (Lipinski definition) is 6. The molecule has 2 fully saturated rings. The molecule has 2 aromatic rings. The summed E-state index contributed by atoms with van der Waals surface area (Å²) in [7, 11) is 0. The van der Waals surface area contributed by atoms with Gasteiger partial charge >= 0.3 is 5.97 Å². The van der Waals surface area contributed by atoms with Crippen molar-refractivity contribution in [3.8, 4) is 5.75 Å². The molecular formula is C30H41N3O4. The molecule has 0 bridgehead atoms. The van der Waals surface area contributed by atoms with Crippen LogP contribution in [0, 0.1) is 5.92 Å². The normalized spacial score (nSPS) is 18.6. The van der Waals surface area contributed by atoms with Gasteiger partial charge < -0.3 is 24.6 Å². The van der Waals surface area contributed by atoms with Crippen LogP contribution in [-0.4, -0.2) is 61.6 Å². The van der Waals surface area contributed by atoms with E-state index in [0.29, 0.717) is 37.9 Å². The minimum absolute atomic E-state index is 0.000897. The predicted octanol–water partition coefficient (Wildman–Crippen LogP) is 4.36. The van der Waals surface area contributed by atoms with Crippen LogP contribution < -0.4 is 15.0 Å². The van der Waals surface area contributed by atoms with Gasteiger partial charge in [-0.15, -0.1) is 0 Å². The van der Waals surface area contributed by atoms with Gasteiger partial charge in [-0.05, 0) is 55.9 Å². The summed E-state index contributed by atoms with van der Waals surface area (Å²) in [4.78, 5) is 30.0. The third-order valence-corrected chi connectivity index (χ3v) is 7.26. The average Bonchev–Trinajstić information content (AvgIpc) is 2.92. The number of hydrogen-bond donors (Lipinski definition) is 1. The lowest BCUT2D eigenvalue weighted by Crippen LogP contribution is -2.54. The fourth-order valence-corrected chi connectivity index (χ4v) is 5.01. The molecule has 7 heteroatoms. The number of benzene rings is 2. The number of nitrogens with one attached hydrogen (secondary N) is 1. The molecule has 0 spiro atoms. The number of esters is 1. The van der Waals surface area contributed by atoms with Gasteiger partial charge in [-0.2, -0.15) is 0 Å². The molecule has 2 heterocycles. The number of anilines is 1. The lowest BCUT2D eigenvalue weighted by Gasteiger charge is -2.35. The van der Waals surface area contributed by atoms with E-state index in [2.05, 4.69) is 36.2 Å². The monoisotopic (exact) mass is 507 g/mol. The van der Waals surface area contributed by atoms with Gasteiger partial charge in [0.25, 0.3) is 5.91 Å². The van der Waals surface area contributed by atoms with Crippen molar-refractivity contribution in [2.45, 2.75) is 58.7 Å². The Balaban J connectivity index is 1.34. The number of rotatable bonds is 8. The maximum absolute atomic E-state index is 13.1. The Labute approximate surface area is 221 Å². The van der Waals surface area contributed by atoms with Crippen molar-refractivity contribution in [3.05, 3.63) is 59.7 Å². The third-order valence-electron chi connectivity index (χ3n) is 7.26. The first-order valence-electron chi connectivity index (χ1n) is 13.5. The summed E-state index contributed by atoms with van der Waals surface area (Å²) in [5.41, 5.74) is 2.32. The molecule has 1 atom stereocenters. The van der Waals surface area contributed by atoms with E-state index < -0.39 is 5.60 Å². The SMILES string of the molecule is CC(C)c1ccc(COC(=O)[C@H]2CCCN(c3cccc(OC(C)(C)C(=O)N4CCNCC4)c3)C2)cc1. The molecule has 0 aliphatic carbocycles. The fourth-order valence-electron chi connectivity index (χ4n) is 5.01. The lowest BCUT2D eigenvalue weighted by molar-refractivity contribution is -0.150. The molecule has 0 radical (unpaired) electrons. The summed E-state index contributed by atoms with van der Waals surface area (Å²) in [6, 6.07) is 16.1. The minimum Gasteiger partial charge on any atom is -0.478 e. The van der Waals surface area contributed by atoms with E-state index in [-0.39, 0.29) is 17.8 Å². The fraction of sp³-hybridized carbons (Fsp3) is 0.533. The highest BCUT2D eigenvalue weighted by molar-refractivity contribution is 5.85. The van der Waals surface area contributed by atoms with E-state index in [1.54, 1.807) is 0 Å². The summed E-state index contributed by atoms with van der Waals surface area (Å²) >= 11 is 0. The zero-order chi connectivity index (χ0) is 26.4. The molecule has 37 heavy (non-hydrogen) atoms. The third kappa shape index (κ3) is 7.04. The zero-order valence-corrected chi connectivity index (χ0v) is 22.7. The average molecular weight is 508 g/mol. The Morgan fingerprint density at radius 2 is 1.78 bits per heavy atom. The van der Waals surface area contributed by atoms with E-state index in [1.807, 2.05) is 55.1 Å². The van der Waals surface area contributed by atoms with Gasteiger partial charge in [-0.25, -0.2) is 0 Å². The van der Waals surface area contributed by atoms with E-state index in [9.17, 15) is 9.59 Å². The summed E-state index contributed by atoms with van der Waals surface area (Å²) in [5.74, 6) is 0.818. The molecule has 2 aromatic carbocycles. The van der Waals surface area contributed by atoms with Crippen LogP contribution in [0.4, 0.5) is 5.69 Å². The summed E-state index contributed by atoms with van der Waals surface area (Å²) in [6.07, 6.45) is 1.74. The Morgan fingerprint density at radius 1 is 1.05 bits per heavy atom. The van der Waals surface area contributed by atoms with E-state index in [0.717, 1.165) is 43.7 Å². The number of ether oxygens (including phenoxy) is 2. The molecular weight excluding hydrogens is 466 g/mol. The number of carbonyl (C=O) groups excluding carboxylic acids is 2. The second-order valence-electron chi connectivity index (χ2n) is 10.9. The van der Waals surface area contributed by atoms with E-state index in [1.165, 1.54) is 5.56 Å². The van der Waals surface area contributed by atoms with Crippen molar-refractivity contribution in [2.24, 2.45) is 5.92 Å². The first kappa shape index (κ1) is 27.0. The number of piperazine rings is 1. The molecule has 0 unspecified atom stereocenters. The maximum Gasteiger partial charge on any atom is 0.311 e. The Morgan fingerprint density at radius 3 is 2.49 bits per heavy atom. The van der Waals surface area contributed by atoms with Crippen LogP contribution in [0.25, 0.3) is 0 Å². The van der Waals surface area contributed by atoms with Gasteiger partial charge in [0.2, 0.25) is 0 Å². The van der Waals surface area contributed by atoms with Crippen LogP contribution >= 0.6 is 0 Å². The molecule has 2 saturated heterocycles. The first-order valence-corrected chi connectivity index (χ1v) is 13.5. The highest BCUT2D eigenvalue weighted by atomic mass is 16.5. The molecule has 4 rings (SSSR count). The molecule has 2 aliphatic heterocycles. The summed E-state index contributed by atoms with van der Waals surface area (Å²) < 4.78 is 11.9. The smallest absolute Gasteiger partial charge is 0.311 e. The zero-order valence-electron chi connectivity index (χ0n) is 22.7. The van der Waals surface area contributed by atoms with Crippen molar-refractivity contribution in [3.63, 3.8) is 0 Å². The second kappa shape index (κ2) is 12.0. The topological polar surface area (TPSA) is 71.1 Å². The van der Waals surface area contributed by atoms with Crippen LogP contribution in [0.5, 0.6) is 5.75 Å². The number of nitrogens with zero attached hydrogens (tertiary/aromatic N) is 2. The van der Waals surface area contributed by atoms with Crippen LogP contribution in [0.1, 0.15) is 57.6 Å². The highest BCUT2D eigenvalue weighted by Gasteiger charge is 2.35. The highest BCUT2D eigenvalue weighted by Crippen LogP contribution is 2.29. The molecule has 200 valence electrons. The van der Waals surface area contributed by atoms with Gasteiger partial charge in [0.05, 0.1) is 5.92 Å². The molecule has 0 aromatic heterocycles. The molecule has 1 amide bonds. The molecule has 2 aliphatic rings. The van der Waals surface area contributed by atoms with Crippen molar-refractivity contribution in [2.75, 3.05) is 44.2 Å². The Bertz CT molecular complexity index is 1060. The molecule has 1 N–H and O–H groups in total. The lowest BCUT2D eigenvalue weighted by atomic mass is 9.97. The van der Waals surface area contributed by atoms with Crippen molar-refractivity contribution < 1.29 is 19.1 Å². The molecule has 0 saturated carbocycles. The molecule has 7 nitrogen and oxygen atoms in total. The standard InChI is InChI=1S/C30H41N3O4/c1-22(2)24-12-10-23(11-13-24)21-36-28(34)25-7-6-16-33(20-25)26-8-5-9-27(19-26)37-30(3,4)29(35)32-17-14-31-15-18-32/h5,8-13,19,22,25,31H,6-7,14-18,20-21H2,1-4H3/t25-/m0/s1. The van der Waals surface area contributed by atoms with Gasteiger partial charge in [0.1, 0.15) is 12.4 Å². The van der Waals surface area contributed by atoms with E-state index >= 15 is 0 Å². The van der Waals surface area contributed by atoms with Crippen LogP contribution in [0.3, 0.4) is 0 Å². The predicted molar refractivity (Wildman–Crippen MR) is 146 cm³/mol. The number of carbonyl (C=O) groups is 2. The van der Waals surface area contributed by atoms with Crippen molar-refractivity contribution in [1.82, 2.24) is 10.2 Å².